The summed E-state index contributed by atoms with van der Waals surface area (Å²) in [6.45, 7) is 21.7. The van der Waals surface area contributed by atoms with Crippen LogP contribution in [0, 0.1) is 11.3 Å². The molecule has 0 aromatic carbocycles. The lowest BCUT2D eigenvalue weighted by molar-refractivity contribution is 0.0209. The Hall–Kier alpha value is -1.17. The van der Waals surface area contributed by atoms with Gasteiger partial charge in [0, 0.05) is 44.5 Å². The van der Waals surface area contributed by atoms with Gasteiger partial charge in [-0.15, -0.1) is 0 Å². The number of nitrogens with two attached hydrogens (primary N) is 1. The standard InChI is InChI=1S/C24H45N5/c1-7-28-14-16-29(17-15-28)24(5,6)20(2)8-12-26-22-18-21(9-13-27-22)19-23(3,4)10-11-25/h9,13,18,20H,7-8,10-12,14-17,19,25H2,1-6H3,(H,26,27). The average molecular weight is 404 g/mol. The van der Waals surface area contributed by atoms with Crippen LogP contribution < -0.4 is 11.1 Å². The fourth-order valence-corrected chi connectivity index (χ4v) is 4.43. The van der Waals surface area contributed by atoms with Gasteiger partial charge in [-0.3, -0.25) is 4.90 Å². The van der Waals surface area contributed by atoms with Gasteiger partial charge in [0.2, 0.25) is 0 Å². The van der Waals surface area contributed by atoms with E-state index in [0.29, 0.717) is 5.92 Å². The van der Waals surface area contributed by atoms with Gasteiger partial charge in [0.15, 0.2) is 0 Å². The highest BCUT2D eigenvalue weighted by atomic mass is 15.3. The molecule has 0 aliphatic carbocycles. The molecule has 0 spiro atoms. The molecule has 1 atom stereocenters. The zero-order valence-electron chi connectivity index (χ0n) is 19.8. The van der Waals surface area contributed by atoms with Gasteiger partial charge in [0.25, 0.3) is 0 Å². The summed E-state index contributed by atoms with van der Waals surface area (Å²) in [6, 6.07) is 4.34. The summed E-state index contributed by atoms with van der Waals surface area (Å²) in [6.07, 6.45) is 5.15. The lowest BCUT2D eigenvalue weighted by Gasteiger charge is -2.47. The van der Waals surface area contributed by atoms with Gasteiger partial charge in [0.05, 0.1) is 0 Å². The number of nitrogens with one attached hydrogen (secondary N) is 1. The van der Waals surface area contributed by atoms with Gasteiger partial charge >= 0.3 is 0 Å². The van der Waals surface area contributed by atoms with Crippen LogP contribution in [0.25, 0.3) is 0 Å². The fraction of sp³-hybridized carbons (Fsp3) is 0.792. The molecule has 5 heteroatoms. The predicted molar refractivity (Wildman–Crippen MR) is 125 cm³/mol. The maximum Gasteiger partial charge on any atom is 0.126 e. The van der Waals surface area contributed by atoms with Crippen molar-refractivity contribution in [3.05, 3.63) is 23.9 Å². The van der Waals surface area contributed by atoms with Gasteiger partial charge in [-0.05, 0) is 75.2 Å². The molecular formula is C24H45N5. The first-order valence-electron chi connectivity index (χ1n) is 11.5. The van der Waals surface area contributed by atoms with E-state index < -0.39 is 0 Å². The van der Waals surface area contributed by atoms with Crippen LogP contribution in [0.3, 0.4) is 0 Å². The van der Waals surface area contributed by atoms with Gasteiger partial charge in [0.1, 0.15) is 5.82 Å². The number of anilines is 1. The van der Waals surface area contributed by atoms with E-state index in [1.165, 1.54) is 38.3 Å². The largest absolute Gasteiger partial charge is 0.370 e. The molecule has 1 saturated heterocycles. The molecule has 3 N–H and O–H groups in total. The quantitative estimate of drug-likeness (QED) is 0.588. The van der Waals surface area contributed by atoms with E-state index in [2.05, 4.69) is 73.8 Å². The number of pyridine rings is 1. The molecule has 1 aliphatic rings. The van der Waals surface area contributed by atoms with Crippen LogP contribution in [0.4, 0.5) is 5.82 Å². The van der Waals surface area contributed by atoms with E-state index in [0.717, 1.165) is 38.2 Å². The topological polar surface area (TPSA) is 57.4 Å². The second-order valence-electron chi connectivity index (χ2n) is 10.1. The molecule has 0 saturated carbocycles. The predicted octanol–water partition coefficient (Wildman–Crippen LogP) is 3.85. The second-order valence-corrected chi connectivity index (χ2v) is 10.1. The van der Waals surface area contributed by atoms with Crippen molar-refractivity contribution in [1.82, 2.24) is 14.8 Å². The summed E-state index contributed by atoms with van der Waals surface area (Å²) in [7, 11) is 0. The highest BCUT2D eigenvalue weighted by Gasteiger charge is 2.34. The first-order valence-corrected chi connectivity index (χ1v) is 11.5. The van der Waals surface area contributed by atoms with Crippen LogP contribution in [0.5, 0.6) is 0 Å². The normalized spacial score (nSPS) is 18.0. The summed E-state index contributed by atoms with van der Waals surface area (Å²) in [5.74, 6) is 1.61. The van der Waals surface area contributed by atoms with Crippen molar-refractivity contribution >= 4 is 5.82 Å². The molecular weight excluding hydrogens is 358 g/mol. The third kappa shape index (κ3) is 7.23. The monoisotopic (exact) mass is 403 g/mol. The number of piperazine rings is 1. The number of aromatic nitrogens is 1. The summed E-state index contributed by atoms with van der Waals surface area (Å²) >= 11 is 0. The third-order valence-corrected chi connectivity index (χ3v) is 7.05. The van der Waals surface area contributed by atoms with Crippen molar-refractivity contribution in [3.63, 3.8) is 0 Å². The Bertz CT molecular complexity index is 605. The Morgan fingerprint density at radius 1 is 1.17 bits per heavy atom. The number of rotatable bonds is 11. The van der Waals surface area contributed by atoms with E-state index in [9.17, 15) is 0 Å². The summed E-state index contributed by atoms with van der Waals surface area (Å²) < 4.78 is 0. The van der Waals surface area contributed by atoms with Crippen LogP contribution in [-0.4, -0.2) is 66.1 Å². The lowest BCUT2D eigenvalue weighted by atomic mass is 9.83. The summed E-state index contributed by atoms with van der Waals surface area (Å²) in [5, 5.41) is 3.56. The van der Waals surface area contributed by atoms with Crippen molar-refractivity contribution in [2.45, 2.75) is 66.3 Å². The average Bonchev–Trinajstić information content (AvgIpc) is 2.67. The Balaban J connectivity index is 1.83. The fourth-order valence-electron chi connectivity index (χ4n) is 4.43. The Morgan fingerprint density at radius 3 is 2.48 bits per heavy atom. The molecule has 5 nitrogen and oxygen atoms in total. The molecule has 1 aromatic heterocycles. The molecule has 1 fully saturated rings. The summed E-state index contributed by atoms with van der Waals surface area (Å²) in [5.41, 5.74) is 7.56. The van der Waals surface area contributed by atoms with Crippen molar-refractivity contribution in [2.24, 2.45) is 17.1 Å². The van der Waals surface area contributed by atoms with Crippen LogP contribution in [0.1, 0.15) is 59.9 Å². The molecule has 0 bridgehead atoms. The third-order valence-electron chi connectivity index (χ3n) is 7.05. The number of likely N-dealkylation sites (N-methyl/N-ethyl adjacent to an activating group) is 1. The minimum absolute atomic E-state index is 0.225. The van der Waals surface area contributed by atoms with Gasteiger partial charge in [-0.25, -0.2) is 4.98 Å². The Kier molecular flexibility index (Phi) is 8.92. The molecule has 0 radical (unpaired) electrons. The highest BCUT2D eigenvalue weighted by Crippen LogP contribution is 2.29. The number of hydrogen-bond acceptors (Lipinski definition) is 5. The lowest BCUT2D eigenvalue weighted by Crippen LogP contribution is -2.57. The van der Waals surface area contributed by atoms with Crippen molar-refractivity contribution in [2.75, 3.05) is 51.1 Å². The van der Waals surface area contributed by atoms with Gasteiger partial charge < -0.3 is 16.0 Å². The second kappa shape index (κ2) is 10.7. The van der Waals surface area contributed by atoms with Crippen molar-refractivity contribution in [3.8, 4) is 0 Å². The maximum absolute atomic E-state index is 5.76. The van der Waals surface area contributed by atoms with E-state index in [4.69, 9.17) is 5.73 Å². The van der Waals surface area contributed by atoms with E-state index in [1.807, 2.05) is 6.20 Å². The van der Waals surface area contributed by atoms with E-state index in [-0.39, 0.29) is 11.0 Å². The minimum Gasteiger partial charge on any atom is -0.370 e. The molecule has 2 heterocycles. The Morgan fingerprint density at radius 2 is 1.86 bits per heavy atom. The van der Waals surface area contributed by atoms with Crippen LogP contribution in [-0.2, 0) is 6.42 Å². The van der Waals surface area contributed by atoms with E-state index in [1.54, 1.807) is 0 Å². The first-order chi connectivity index (χ1) is 13.7. The van der Waals surface area contributed by atoms with Crippen molar-refractivity contribution in [1.29, 1.82) is 0 Å². The first kappa shape index (κ1) is 24.1. The molecule has 1 aromatic rings. The maximum atomic E-state index is 5.76. The highest BCUT2D eigenvalue weighted by molar-refractivity contribution is 5.37. The minimum atomic E-state index is 0.225. The van der Waals surface area contributed by atoms with E-state index >= 15 is 0 Å². The number of nitrogens with zero attached hydrogens (tertiary/aromatic N) is 3. The zero-order chi connectivity index (χ0) is 21.5. The molecule has 0 amide bonds. The van der Waals surface area contributed by atoms with Crippen molar-refractivity contribution < 1.29 is 0 Å². The SMILES string of the molecule is CCN1CCN(C(C)(C)C(C)CCNc2cc(CC(C)(C)CCN)ccn2)CC1. The smallest absolute Gasteiger partial charge is 0.126 e. The van der Waals surface area contributed by atoms with Crippen LogP contribution >= 0.6 is 0 Å². The molecule has 29 heavy (non-hydrogen) atoms. The van der Waals surface area contributed by atoms with Crippen LogP contribution in [0.2, 0.25) is 0 Å². The Labute approximate surface area is 179 Å². The summed E-state index contributed by atoms with van der Waals surface area (Å²) in [4.78, 5) is 9.76. The number of hydrogen-bond donors (Lipinski definition) is 2. The zero-order valence-corrected chi connectivity index (χ0v) is 19.8. The molecule has 1 unspecified atom stereocenters. The van der Waals surface area contributed by atoms with Crippen LogP contribution in [0.15, 0.2) is 18.3 Å². The van der Waals surface area contributed by atoms with Gasteiger partial charge in [-0.2, -0.15) is 0 Å². The van der Waals surface area contributed by atoms with Gasteiger partial charge in [-0.1, -0.05) is 27.7 Å². The molecule has 1 aliphatic heterocycles. The molecule has 2 rings (SSSR count). The molecule has 166 valence electrons.